The lowest BCUT2D eigenvalue weighted by molar-refractivity contribution is -0.366. The zero-order valence-corrected chi connectivity index (χ0v) is 7.60. The molecule has 0 unspecified atom stereocenters. The van der Waals surface area contributed by atoms with E-state index in [-0.39, 0.29) is 0 Å². The van der Waals surface area contributed by atoms with Crippen molar-refractivity contribution in [2.45, 2.75) is 6.42 Å². The molecule has 0 fully saturated rings. The molecule has 2 rings (SSSR count). The second-order valence-electron chi connectivity index (χ2n) is 2.68. The molecule has 12 heavy (non-hydrogen) atoms. The molecular formula is C9H11N2S+. The predicted molar refractivity (Wildman–Crippen MR) is 51.1 cm³/mol. The average Bonchev–Trinajstić information content (AvgIpc) is 2.47. The predicted octanol–water partition coefficient (Wildman–Crippen LogP) is 1.08. The zero-order chi connectivity index (χ0) is 8.39. The Balaban J connectivity index is 2.47. The first-order valence-electron chi connectivity index (χ1n) is 4.04. The van der Waals surface area contributed by atoms with Gasteiger partial charge in [-0.15, -0.1) is 11.3 Å². The lowest BCUT2D eigenvalue weighted by Crippen LogP contribution is -2.51. The van der Waals surface area contributed by atoms with E-state index in [0.29, 0.717) is 0 Å². The summed E-state index contributed by atoms with van der Waals surface area (Å²) in [7, 11) is 0. The van der Waals surface area contributed by atoms with Crippen molar-refractivity contribution < 1.29 is 5.73 Å². The van der Waals surface area contributed by atoms with Crippen molar-refractivity contribution in [3.05, 3.63) is 29.3 Å². The summed E-state index contributed by atoms with van der Waals surface area (Å²) in [5.41, 5.74) is 4.93. The highest BCUT2D eigenvalue weighted by molar-refractivity contribution is 7.18. The Hall–Kier alpha value is -0.930. The van der Waals surface area contributed by atoms with Gasteiger partial charge in [0.05, 0.1) is 21.8 Å². The number of hydrogen-bond donors (Lipinski definition) is 1. The Bertz CT molecular complexity index is 348. The molecule has 0 saturated carbocycles. The van der Waals surface area contributed by atoms with Crippen LogP contribution in [0.15, 0.2) is 24.3 Å². The maximum absolute atomic E-state index is 4.48. The number of rotatable bonds is 2. The first-order valence-corrected chi connectivity index (χ1v) is 4.85. The maximum atomic E-state index is 4.48. The van der Waals surface area contributed by atoms with Gasteiger partial charge >= 0.3 is 0 Å². The summed E-state index contributed by atoms with van der Waals surface area (Å²) in [6, 6.07) is 8.24. The van der Waals surface area contributed by atoms with Gasteiger partial charge in [-0.2, -0.15) is 0 Å². The molecule has 1 aromatic heterocycles. The minimum absolute atomic E-state index is 0.930. The topological polar surface area (TPSA) is 40.5 Å². The van der Waals surface area contributed by atoms with Crippen LogP contribution in [-0.4, -0.2) is 11.5 Å². The molecule has 62 valence electrons. The second-order valence-corrected chi connectivity index (χ2v) is 3.79. The lowest BCUT2D eigenvalue weighted by atomic mass is 10.3. The zero-order valence-electron chi connectivity index (χ0n) is 6.79. The van der Waals surface area contributed by atoms with Crippen molar-refractivity contribution in [2.75, 3.05) is 6.54 Å². The summed E-state index contributed by atoms with van der Waals surface area (Å²) in [5.74, 6) is 0. The van der Waals surface area contributed by atoms with Gasteiger partial charge in [-0.25, -0.2) is 4.98 Å². The van der Waals surface area contributed by atoms with Crippen LogP contribution in [0.25, 0.3) is 10.2 Å². The lowest BCUT2D eigenvalue weighted by Gasteiger charge is -1.83. The van der Waals surface area contributed by atoms with E-state index in [9.17, 15) is 0 Å². The highest BCUT2D eigenvalue weighted by Crippen LogP contribution is 2.21. The summed E-state index contributed by atoms with van der Waals surface area (Å²) < 4.78 is 1.28. The van der Waals surface area contributed by atoms with E-state index in [0.717, 1.165) is 18.5 Å². The van der Waals surface area contributed by atoms with Gasteiger partial charge in [0.2, 0.25) is 0 Å². The molecular weight excluding hydrogens is 168 g/mol. The fourth-order valence-corrected chi connectivity index (χ4v) is 2.19. The van der Waals surface area contributed by atoms with Crippen molar-refractivity contribution in [1.82, 2.24) is 4.98 Å². The van der Waals surface area contributed by atoms with Gasteiger partial charge in [0, 0.05) is 6.42 Å². The third-order valence-corrected chi connectivity index (χ3v) is 2.82. The molecule has 0 bridgehead atoms. The quantitative estimate of drug-likeness (QED) is 0.736. The molecule has 1 heterocycles. The Kier molecular flexibility index (Phi) is 2.06. The fourth-order valence-electron chi connectivity index (χ4n) is 1.18. The van der Waals surface area contributed by atoms with Crippen molar-refractivity contribution in [3.63, 3.8) is 0 Å². The normalized spacial score (nSPS) is 10.8. The SMILES string of the molecule is [NH3+]CCc1nc2ccccc2s1. The first kappa shape index (κ1) is 7.71. The van der Waals surface area contributed by atoms with Gasteiger partial charge < -0.3 is 5.73 Å². The van der Waals surface area contributed by atoms with Gasteiger partial charge in [0.15, 0.2) is 0 Å². The van der Waals surface area contributed by atoms with Crippen molar-refractivity contribution in [3.8, 4) is 0 Å². The molecule has 3 N–H and O–H groups in total. The van der Waals surface area contributed by atoms with E-state index < -0.39 is 0 Å². The number of para-hydroxylation sites is 1. The van der Waals surface area contributed by atoms with Crippen LogP contribution in [-0.2, 0) is 6.42 Å². The molecule has 0 atom stereocenters. The van der Waals surface area contributed by atoms with Crippen molar-refractivity contribution in [2.24, 2.45) is 0 Å². The summed E-state index contributed by atoms with van der Waals surface area (Å²) in [6.07, 6.45) is 0.999. The fraction of sp³-hybridized carbons (Fsp3) is 0.222. The molecule has 0 aliphatic carbocycles. The number of benzene rings is 1. The Labute approximate surface area is 75.0 Å². The number of fused-ring (bicyclic) bond motifs is 1. The van der Waals surface area contributed by atoms with Gasteiger partial charge in [-0.05, 0) is 12.1 Å². The molecule has 2 nitrogen and oxygen atoms in total. The molecule has 0 radical (unpaired) electrons. The Morgan fingerprint density at radius 1 is 1.33 bits per heavy atom. The molecule has 1 aromatic carbocycles. The molecule has 0 amide bonds. The molecule has 2 aromatic rings. The van der Waals surface area contributed by atoms with Crippen LogP contribution in [0.2, 0.25) is 0 Å². The Morgan fingerprint density at radius 2 is 2.17 bits per heavy atom. The summed E-state index contributed by atoms with van der Waals surface area (Å²) in [6.45, 7) is 0.930. The van der Waals surface area contributed by atoms with Gasteiger partial charge in [0.25, 0.3) is 0 Å². The van der Waals surface area contributed by atoms with E-state index in [1.54, 1.807) is 11.3 Å². The van der Waals surface area contributed by atoms with Crippen LogP contribution in [0.3, 0.4) is 0 Å². The highest BCUT2D eigenvalue weighted by Gasteiger charge is 2.01. The molecule has 0 aliphatic rings. The monoisotopic (exact) mass is 179 g/mol. The van der Waals surface area contributed by atoms with Gasteiger partial charge in [0.1, 0.15) is 0 Å². The van der Waals surface area contributed by atoms with E-state index >= 15 is 0 Å². The summed E-state index contributed by atoms with van der Waals surface area (Å²) in [4.78, 5) is 4.48. The first-order chi connectivity index (χ1) is 5.90. The van der Waals surface area contributed by atoms with Gasteiger partial charge in [-0.1, -0.05) is 12.1 Å². The van der Waals surface area contributed by atoms with Crippen LogP contribution in [0.5, 0.6) is 0 Å². The number of quaternary nitrogens is 1. The maximum Gasteiger partial charge on any atom is 0.0994 e. The third kappa shape index (κ3) is 1.33. The van der Waals surface area contributed by atoms with Crippen LogP contribution < -0.4 is 5.73 Å². The molecule has 0 saturated heterocycles. The number of aromatic nitrogens is 1. The smallest absolute Gasteiger partial charge is 0.0994 e. The van der Waals surface area contributed by atoms with E-state index in [1.807, 2.05) is 6.07 Å². The van der Waals surface area contributed by atoms with Gasteiger partial charge in [-0.3, -0.25) is 0 Å². The second kappa shape index (κ2) is 3.21. The number of nitrogens with zero attached hydrogens (tertiary/aromatic N) is 1. The molecule has 3 heteroatoms. The van der Waals surface area contributed by atoms with Crippen LogP contribution in [0.1, 0.15) is 5.01 Å². The number of thiazole rings is 1. The largest absolute Gasteiger partial charge is 0.357 e. The van der Waals surface area contributed by atoms with E-state index in [2.05, 4.69) is 28.9 Å². The minimum Gasteiger partial charge on any atom is -0.357 e. The standard InChI is InChI=1S/C9H10N2S/c10-6-5-9-11-7-3-1-2-4-8(7)12-9/h1-4H,5-6,10H2/p+1. The van der Waals surface area contributed by atoms with E-state index in [4.69, 9.17) is 0 Å². The number of hydrogen-bond acceptors (Lipinski definition) is 2. The van der Waals surface area contributed by atoms with E-state index in [1.165, 1.54) is 9.71 Å². The van der Waals surface area contributed by atoms with Crippen LogP contribution in [0, 0.1) is 0 Å². The van der Waals surface area contributed by atoms with Crippen LogP contribution in [0.4, 0.5) is 0 Å². The highest BCUT2D eigenvalue weighted by atomic mass is 32.1. The average molecular weight is 179 g/mol. The summed E-state index contributed by atoms with van der Waals surface area (Å²) in [5, 5.41) is 1.20. The molecule has 0 spiro atoms. The molecule has 0 aliphatic heterocycles. The minimum atomic E-state index is 0.930. The summed E-state index contributed by atoms with van der Waals surface area (Å²) >= 11 is 1.77. The van der Waals surface area contributed by atoms with Crippen LogP contribution >= 0.6 is 11.3 Å². The Morgan fingerprint density at radius 3 is 2.92 bits per heavy atom. The van der Waals surface area contributed by atoms with Crippen molar-refractivity contribution >= 4 is 21.6 Å². The van der Waals surface area contributed by atoms with Crippen molar-refractivity contribution in [1.29, 1.82) is 0 Å². The third-order valence-electron chi connectivity index (χ3n) is 1.73.